The van der Waals surface area contributed by atoms with Crippen LogP contribution in [0.4, 0.5) is 0 Å². The van der Waals surface area contributed by atoms with Crippen molar-refractivity contribution in [3.05, 3.63) is 81.4 Å². The van der Waals surface area contributed by atoms with Crippen molar-refractivity contribution in [3.8, 4) is 11.5 Å². The molecule has 12 heteroatoms. The second-order valence-corrected chi connectivity index (χ2v) is 20.0. The molecule has 0 saturated carbocycles. The van der Waals surface area contributed by atoms with Gasteiger partial charge in [0.25, 0.3) is 21.8 Å². The van der Waals surface area contributed by atoms with Gasteiger partial charge in [0.2, 0.25) is 0 Å². The number of likely N-dealkylation sites (N-methyl/N-ethyl adjacent to an activating group) is 1. The number of carbonyl (C=O) groups is 2. The highest BCUT2D eigenvalue weighted by Crippen LogP contribution is 2.29. The van der Waals surface area contributed by atoms with Crippen molar-refractivity contribution in [2.45, 2.75) is 37.5 Å². The molecule has 228 valence electrons. The zero-order valence-corrected chi connectivity index (χ0v) is 28.0. The van der Waals surface area contributed by atoms with E-state index in [-0.39, 0.29) is 29.6 Å². The number of aromatic nitrogens is 2. The fourth-order valence-electron chi connectivity index (χ4n) is 5.46. The first-order valence-corrected chi connectivity index (χ1v) is 20.4. The Labute approximate surface area is 263 Å². The summed E-state index contributed by atoms with van der Waals surface area (Å²) in [6.07, 6.45) is 0.837. The molecule has 0 spiro atoms. The normalized spacial score (nSPS) is 16.0. The third-order valence-corrected chi connectivity index (χ3v) is 11.5. The second kappa shape index (κ2) is 11.6. The largest absolute Gasteiger partial charge is 0.334 e. The Hall–Kier alpha value is -3.76. The van der Waals surface area contributed by atoms with Gasteiger partial charge in [-0.3, -0.25) is 9.59 Å². The summed E-state index contributed by atoms with van der Waals surface area (Å²) >= 11 is 1.45. The van der Waals surface area contributed by atoms with E-state index >= 15 is 0 Å². The molecule has 0 atom stereocenters. The van der Waals surface area contributed by atoms with Crippen LogP contribution in [0.15, 0.2) is 59.5 Å². The van der Waals surface area contributed by atoms with Crippen molar-refractivity contribution >= 4 is 52.2 Å². The molecule has 6 rings (SSSR count). The highest BCUT2D eigenvalue weighted by atomic mass is 32.2. The summed E-state index contributed by atoms with van der Waals surface area (Å²) in [4.78, 5) is 38.8. The number of fused-ring (bicyclic) bond motifs is 2. The van der Waals surface area contributed by atoms with Crippen molar-refractivity contribution in [1.82, 2.24) is 23.7 Å². The van der Waals surface area contributed by atoms with Gasteiger partial charge in [-0.1, -0.05) is 43.8 Å². The molecule has 2 aliphatic heterocycles. The first-order valence-electron chi connectivity index (χ1n) is 14.7. The van der Waals surface area contributed by atoms with Gasteiger partial charge in [-0.2, -0.15) is 0 Å². The van der Waals surface area contributed by atoms with Crippen molar-refractivity contribution < 1.29 is 18.0 Å². The maximum absolute atomic E-state index is 14.0. The Kier molecular flexibility index (Phi) is 8.00. The minimum atomic E-state index is -4.09. The molecule has 0 aliphatic carbocycles. The summed E-state index contributed by atoms with van der Waals surface area (Å²) < 4.78 is 29.1. The van der Waals surface area contributed by atoms with Gasteiger partial charge in [-0.25, -0.2) is 17.4 Å². The van der Waals surface area contributed by atoms with Crippen LogP contribution < -0.4 is 0 Å². The quantitative estimate of drug-likeness (QED) is 0.245. The van der Waals surface area contributed by atoms with Crippen LogP contribution in [0.2, 0.25) is 19.6 Å². The number of piperazine rings is 1. The van der Waals surface area contributed by atoms with Crippen LogP contribution >= 0.6 is 11.3 Å². The molecule has 1 fully saturated rings. The lowest BCUT2D eigenvalue weighted by atomic mass is 10.1. The van der Waals surface area contributed by atoms with E-state index in [4.69, 9.17) is 0 Å². The summed E-state index contributed by atoms with van der Waals surface area (Å²) in [6, 6.07) is 15.2. The Morgan fingerprint density at radius 2 is 1.59 bits per heavy atom. The standard InChI is InChI=1S/C32H35N5O4S2Si/c1-34-14-12-26-29(22-34)42-30(33-26)32(39)36-17-15-35(16-18-36)31(38)28-21-24-20-23(13-19-44(2,3)4)10-11-27(24)37(28)43(40,41)25-8-6-5-7-9-25/h5-11,20-21H,12,14-18,22H2,1-4H3. The predicted octanol–water partition coefficient (Wildman–Crippen LogP) is 4.15. The molecule has 2 amide bonds. The Bertz CT molecular complexity index is 1930. The summed E-state index contributed by atoms with van der Waals surface area (Å²) in [5, 5.41) is 1.12. The molecule has 44 heavy (non-hydrogen) atoms. The van der Waals surface area contributed by atoms with Crippen molar-refractivity contribution in [3.63, 3.8) is 0 Å². The SMILES string of the molecule is CN1CCc2nc(C(=O)N3CCN(C(=O)c4cc5cc(C#C[Si](C)(C)C)ccc5n4S(=O)(=O)c4ccccc4)CC3)sc2C1. The molecule has 2 aromatic heterocycles. The van der Waals surface area contributed by atoms with Crippen LogP contribution in [0.5, 0.6) is 0 Å². The third kappa shape index (κ3) is 5.97. The van der Waals surface area contributed by atoms with Crippen molar-refractivity contribution in [2.24, 2.45) is 0 Å². The molecule has 0 bridgehead atoms. The van der Waals surface area contributed by atoms with E-state index in [1.54, 1.807) is 46.2 Å². The van der Waals surface area contributed by atoms with Gasteiger partial charge in [0.05, 0.1) is 16.1 Å². The van der Waals surface area contributed by atoms with Gasteiger partial charge in [0, 0.05) is 61.5 Å². The molecule has 4 aromatic rings. The van der Waals surface area contributed by atoms with Crippen LogP contribution in [0, 0.1) is 11.5 Å². The lowest BCUT2D eigenvalue weighted by Crippen LogP contribution is -2.51. The number of amides is 2. The van der Waals surface area contributed by atoms with Crippen molar-refractivity contribution in [1.29, 1.82) is 0 Å². The molecule has 4 heterocycles. The Balaban J connectivity index is 1.29. The lowest BCUT2D eigenvalue weighted by molar-refractivity contribution is 0.0531. The monoisotopic (exact) mass is 645 g/mol. The smallest absolute Gasteiger partial charge is 0.282 e. The first kappa shape index (κ1) is 30.3. The predicted molar refractivity (Wildman–Crippen MR) is 175 cm³/mol. The Morgan fingerprint density at radius 1 is 0.909 bits per heavy atom. The van der Waals surface area contributed by atoms with Crippen LogP contribution in [0.1, 0.15) is 36.4 Å². The van der Waals surface area contributed by atoms with E-state index in [0.717, 1.165) is 39.6 Å². The molecular weight excluding hydrogens is 611 g/mol. The molecule has 0 unspecified atom stereocenters. The summed E-state index contributed by atoms with van der Waals surface area (Å²) in [5.41, 5.74) is 5.61. The lowest BCUT2D eigenvalue weighted by Gasteiger charge is -2.34. The molecule has 0 N–H and O–H groups in total. The number of carbonyl (C=O) groups excluding carboxylic acids is 2. The third-order valence-electron chi connectivity index (χ3n) is 7.80. The number of rotatable bonds is 4. The van der Waals surface area contributed by atoms with Gasteiger partial charge >= 0.3 is 0 Å². The molecule has 9 nitrogen and oxygen atoms in total. The molecule has 2 aromatic carbocycles. The number of hydrogen-bond acceptors (Lipinski definition) is 7. The highest BCUT2D eigenvalue weighted by molar-refractivity contribution is 7.90. The minimum Gasteiger partial charge on any atom is -0.334 e. The molecule has 0 radical (unpaired) electrons. The highest BCUT2D eigenvalue weighted by Gasteiger charge is 2.32. The molecular formula is C32H35N5O4S2Si. The van der Waals surface area contributed by atoms with E-state index in [1.807, 2.05) is 6.07 Å². The van der Waals surface area contributed by atoms with Crippen LogP contribution in [0.3, 0.4) is 0 Å². The molecule has 2 aliphatic rings. The number of nitrogens with zero attached hydrogens (tertiary/aromatic N) is 5. The van der Waals surface area contributed by atoms with Gasteiger partial charge in [0.1, 0.15) is 13.8 Å². The van der Waals surface area contributed by atoms with E-state index < -0.39 is 24.0 Å². The van der Waals surface area contributed by atoms with E-state index in [9.17, 15) is 18.0 Å². The summed E-state index contributed by atoms with van der Waals surface area (Å²) in [6.45, 7) is 9.48. The molecule has 1 saturated heterocycles. The number of thiazole rings is 1. The minimum absolute atomic E-state index is 0.0654. The van der Waals surface area contributed by atoms with Gasteiger partial charge < -0.3 is 14.7 Å². The van der Waals surface area contributed by atoms with Crippen LogP contribution in [-0.4, -0.2) is 91.7 Å². The van der Waals surface area contributed by atoms with Gasteiger partial charge in [-0.15, -0.1) is 16.9 Å². The van der Waals surface area contributed by atoms with Crippen molar-refractivity contribution in [2.75, 3.05) is 39.8 Å². The fourth-order valence-corrected chi connectivity index (χ4v) is 8.66. The zero-order valence-electron chi connectivity index (χ0n) is 25.3. The average Bonchev–Trinajstić information content (AvgIpc) is 3.61. The first-order chi connectivity index (χ1) is 20.9. The Morgan fingerprint density at radius 3 is 2.27 bits per heavy atom. The van der Waals surface area contributed by atoms with E-state index in [0.29, 0.717) is 29.0 Å². The maximum Gasteiger partial charge on any atom is 0.282 e. The summed E-state index contributed by atoms with van der Waals surface area (Å²) in [5.74, 6) is 2.72. The van der Waals surface area contributed by atoms with E-state index in [2.05, 4.69) is 48.0 Å². The van der Waals surface area contributed by atoms with E-state index in [1.165, 1.54) is 23.5 Å². The fraction of sp³-hybridized carbons (Fsp3) is 0.344. The summed E-state index contributed by atoms with van der Waals surface area (Å²) in [7, 11) is -3.65. The average molecular weight is 646 g/mol. The van der Waals surface area contributed by atoms with Crippen LogP contribution in [0.25, 0.3) is 10.9 Å². The number of hydrogen-bond donors (Lipinski definition) is 0. The number of benzene rings is 2. The van der Waals surface area contributed by atoms with Gasteiger partial charge in [-0.05, 0) is 43.4 Å². The van der Waals surface area contributed by atoms with Crippen LogP contribution in [-0.2, 0) is 23.0 Å². The maximum atomic E-state index is 14.0. The zero-order chi connectivity index (χ0) is 31.2. The van der Waals surface area contributed by atoms with Gasteiger partial charge in [0.15, 0.2) is 5.01 Å². The topological polar surface area (TPSA) is 95.8 Å². The second-order valence-electron chi connectivity index (χ2n) is 12.3.